The van der Waals surface area contributed by atoms with Crippen molar-refractivity contribution in [3.8, 4) is 17.2 Å². The molecule has 0 spiro atoms. The summed E-state index contributed by atoms with van der Waals surface area (Å²) >= 11 is 0. The molecule has 1 rings (SSSR count). The molecule has 0 amide bonds. The zero-order valence-electron chi connectivity index (χ0n) is 10.6. The van der Waals surface area contributed by atoms with Gasteiger partial charge in [-0.1, -0.05) is 0 Å². The smallest absolute Gasteiger partial charge is 0.188 e. The first-order valence-electron chi connectivity index (χ1n) is 5.21. The predicted molar refractivity (Wildman–Crippen MR) is 63.1 cm³/mol. The van der Waals surface area contributed by atoms with Crippen LogP contribution in [0.4, 0.5) is 0 Å². The summed E-state index contributed by atoms with van der Waals surface area (Å²) in [6.07, 6.45) is 0. The van der Waals surface area contributed by atoms with Crippen LogP contribution in [0.5, 0.6) is 17.2 Å². The maximum Gasteiger partial charge on any atom is 0.188 e. The molecule has 1 aromatic rings. The van der Waals surface area contributed by atoms with E-state index in [0.717, 1.165) is 0 Å². The van der Waals surface area contributed by atoms with E-state index in [1.54, 1.807) is 0 Å². The van der Waals surface area contributed by atoms with Gasteiger partial charge in [0.2, 0.25) is 0 Å². The molecule has 100 valence electrons. The molecule has 0 saturated heterocycles. The molecule has 0 bridgehead atoms. The van der Waals surface area contributed by atoms with E-state index in [0.29, 0.717) is 0 Å². The Labute approximate surface area is 105 Å². The van der Waals surface area contributed by atoms with E-state index >= 15 is 0 Å². The molecule has 0 aliphatic heterocycles. The van der Waals surface area contributed by atoms with Crippen LogP contribution < -0.4 is 9.47 Å². The number of carbonyl (C=O) groups is 1. The van der Waals surface area contributed by atoms with E-state index in [2.05, 4.69) is 0 Å². The number of phenolic OH excluding ortho intramolecular Hbond substituents is 1. The number of ether oxygens (including phenoxy) is 4. The summed E-state index contributed by atoms with van der Waals surface area (Å²) in [5, 5.41) is 9.55. The van der Waals surface area contributed by atoms with Crippen molar-refractivity contribution in [1.29, 1.82) is 0 Å². The second-order valence-electron chi connectivity index (χ2n) is 3.47. The number of phenols is 1. The fraction of sp³-hybridized carbons (Fsp3) is 0.417. The first-order valence-corrected chi connectivity index (χ1v) is 5.21. The fourth-order valence-corrected chi connectivity index (χ4v) is 1.40. The molecule has 0 unspecified atom stereocenters. The highest BCUT2D eigenvalue weighted by Gasteiger charge is 2.17. The van der Waals surface area contributed by atoms with Crippen LogP contribution in [-0.2, 0) is 9.47 Å². The SMILES string of the molecule is COCOc1cc(O)cc(OCOC)c1C(C)=O. The minimum atomic E-state index is -0.243. The number of carbonyl (C=O) groups excluding carboxylic acids is 1. The van der Waals surface area contributed by atoms with Gasteiger partial charge in [-0.15, -0.1) is 0 Å². The van der Waals surface area contributed by atoms with Crippen LogP contribution in [0.1, 0.15) is 17.3 Å². The van der Waals surface area contributed by atoms with Crippen LogP contribution >= 0.6 is 0 Å². The average molecular weight is 256 g/mol. The van der Waals surface area contributed by atoms with Crippen molar-refractivity contribution in [2.24, 2.45) is 0 Å². The van der Waals surface area contributed by atoms with Crippen molar-refractivity contribution in [2.75, 3.05) is 27.8 Å². The van der Waals surface area contributed by atoms with Crippen molar-refractivity contribution in [3.05, 3.63) is 17.7 Å². The van der Waals surface area contributed by atoms with Crippen molar-refractivity contribution in [3.63, 3.8) is 0 Å². The second-order valence-corrected chi connectivity index (χ2v) is 3.47. The molecule has 6 nitrogen and oxygen atoms in total. The van der Waals surface area contributed by atoms with Gasteiger partial charge in [0, 0.05) is 26.4 Å². The van der Waals surface area contributed by atoms with Crippen molar-refractivity contribution in [1.82, 2.24) is 0 Å². The van der Waals surface area contributed by atoms with Gasteiger partial charge >= 0.3 is 0 Å². The standard InChI is InChI=1S/C12H16O6/c1-8(13)12-10(17-6-15-2)4-9(14)5-11(12)18-7-16-3/h4-5,14H,6-7H2,1-3H3. The minimum absolute atomic E-state index is 0.0343. The van der Waals surface area contributed by atoms with E-state index in [-0.39, 0.29) is 42.2 Å². The van der Waals surface area contributed by atoms with Gasteiger partial charge in [-0.05, 0) is 6.92 Å². The van der Waals surface area contributed by atoms with Gasteiger partial charge in [0.15, 0.2) is 19.4 Å². The van der Waals surface area contributed by atoms with Gasteiger partial charge in [0.25, 0.3) is 0 Å². The molecule has 0 fully saturated rings. The van der Waals surface area contributed by atoms with Crippen LogP contribution in [0, 0.1) is 0 Å². The Balaban J connectivity index is 3.13. The lowest BCUT2D eigenvalue weighted by Crippen LogP contribution is -2.08. The van der Waals surface area contributed by atoms with Gasteiger partial charge in [-0.25, -0.2) is 0 Å². The number of rotatable bonds is 7. The highest BCUT2D eigenvalue weighted by Crippen LogP contribution is 2.34. The van der Waals surface area contributed by atoms with E-state index in [4.69, 9.17) is 18.9 Å². The molecule has 1 N–H and O–H groups in total. The van der Waals surface area contributed by atoms with Crippen LogP contribution in [-0.4, -0.2) is 38.7 Å². The summed E-state index contributed by atoms with van der Waals surface area (Å²) in [4.78, 5) is 11.6. The zero-order valence-corrected chi connectivity index (χ0v) is 10.6. The van der Waals surface area contributed by atoms with E-state index in [9.17, 15) is 9.90 Å². The lowest BCUT2D eigenvalue weighted by atomic mass is 10.1. The number of aromatic hydroxyl groups is 1. The highest BCUT2D eigenvalue weighted by molar-refractivity contribution is 5.99. The monoisotopic (exact) mass is 256 g/mol. The molecular formula is C12H16O6. The molecule has 0 saturated carbocycles. The largest absolute Gasteiger partial charge is 0.508 e. The third-order valence-electron chi connectivity index (χ3n) is 2.07. The normalized spacial score (nSPS) is 10.2. The van der Waals surface area contributed by atoms with Crippen LogP contribution in [0.2, 0.25) is 0 Å². The molecule has 0 radical (unpaired) electrons. The van der Waals surface area contributed by atoms with Crippen LogP contribution in [0.3, 0.4) is 0 Å². The summed E-state index contributed by atoms with van der Waals surface area (Å²) < 4.78 is 20.0. The Morgan fingerprint density at radius 3 is 1.89 bits per heavy atom. The fourth-order valence-electron chi connectivity index (χ4n) is 1.40. The molecule has 0 aliphatic rings. The molecule has 0 atom stereocenters. The summed E-state index contributed by atoms with van der Waals surface area (Å²) in [5.41, 5.74) is 0.238. The quantitative estimate of drug-likeness (QED) is 0.589. The number of Topliss-reactive ketones (excluding diaryl/α,β-unsaturated/α-hetero) is 1. The lowest BCUT2D eigenvalue weighted by molar-refractivity contribution is 0.0443. The molecule has 6 heteroatoms. The Bertz CT molecular complexity index is 386. The van der Waals surface area contributed by atoms with E-state index < -0.39 is 0 Å². The number of benzene rings is 1. The molecule has 0 heterocycles. The molecule has 0 aromatic heterocycles. The molecule has 18 heavy (non-hydrogen) atoms. The molecule has 1 aromatic carbocycles. The Hall–Kier alpha value is -1.79. The van der Waals surface area contributed by atoms with Crippen LogP contribution in [0.15, 0.2) is 12.1 Å². The second kappa shape index (κ2) is 6.83. The number of methoxy groups -OCH3 is 2. The topological polar surface area (TPSA) is 74.2 Å². The lowest BCUT2D eigenvalue weighted by Gasteiger charge is -2.14. The van der Waals surface area contributed by atoms with Crippen molar-refractivity contribution < 1.29 is 28.8 Å². The zero-order chi connectivity index (χ0) is 13.5. The average Bonchev–Trinajstić information content (AvgIpc) is 2.32. The van der Waals surface area contributed by atoms with Crippen LogP contribution in [0.25, 0.3) is 0 Å². The summed E-state index contributed by atoms with van der Waals surface area (Å²) in [6, 6.07) is 2.66. The highest BCUT2D eigenvalue weighted by atomic mass is 16.7. The minimum Gasteiger partial charge on any atom is -0.508 e. The van der Waals surface area contributed by atoms with Gasteiger partial charge in [0.1, 0.15) is 22.8 Å². The maximum absolute atomic E-state index is 11.6. The third kappa shape index (κ3) is 3.61. The van der Waals surface area contributed by atoms with Gasteiger partial charge in [-0.3, -0.25) is 4.79 Å². The third-order valence-corrected chi connectivity index (χ3v) is 2.07. The summed E-state index contributed by atoms with van der Waals surface area (Å²) in [5.74, 6) is 0.0929. The first-order chi connectivity index (χ1) is 8.60. The first kappa shape index (κ1) is 14.3. The maximum atomic E-state index is 11.6. The van der Waals surface area contributed by atoms with Gasteiger partial charge in [0.05, 0.1) is 0 Å². The summed E-state index contributed by atoms with van der Waals surface area (Å²) in [6.45, 7) is 1.31. The Morgan fingerprint density at radius 2 is 1.56 bits per heavy atom. The predicted octanol–water partition coefficient (Wildman–Crippen LogP) is 1.56. The van der Waals surface area contributed by atoms with Crippen molar-refractivity contribution in [2.45, 2.75) is 6.92 Å². The Morgan fingerprint density at radius 1 is 1.11 bits per heavy atom. The Kier molecular flexibility index (Phi) is 5.41. The number of hydrogen-bond acceptors (Lipinski definition) is 6. The number of hydrogen-bond donors (Lipinski definition) is 1. The van der Waals surface area contributed by atoms with Crippen molar-refractivity contribution >= 4 is 5.78 Å². The van der Waals surface area contributed by atoms with Gasteiger partial charge < -0.3 is 24.1 Å². The summed E-state index contributed by atoms with van der Waals surface area (Å²) in [7, 11) is 2.91. The number of ketones is 1. The van der Waals surface area contributed by atoms with E-state index in [1.165, 1.54) is 33.3 Å². The van der Waals surface area contributed by atoms with Gasteiger partial charge in [-0.2, -0.15) is 0 Å². The van der Waals surface area contributed by atoms with E-state index in [1.807, 2.05) is 0 Å². The molecular weight excluding hydrogens is 240 g/mol. The molecule has 0 aliphatic carbocycles.